The molecular formula is C15H20NOP2S4+. The molecule has 0 spiro atoms. The largest absolute Gasteiger partial charge is 0.508 e. The van der Waals surface area contributed by atoms with Gasteiger partial charge in [-0.1, -0.05) is 25.7 Å². The Morgan fingerprint density at radius 3 is 2.04 bits per heavy atom. The van der Waals surface area contributed by atoms with Crippen LogP contribution in [0.3, 0.4) is 0 Å². The predicted molar refractivity (Wildman–Crippen MR) is 120 cm³/mol. The first-order valence-corrected chi connectivity index (χ1v) is 17.0. The second-order valence-corrected chi connectivity index (χ2v) is 26.2. The summed E-state index contributed by atoms with van der Waals surface area (Å²) >= 11 is 14.5. The van der Waals surface area contributed by atoms with Crippen molar-refractivity contribution >= 4 is 71.7 Å². The smallest absolute Gasteiger partial charge is 0.232 e. The molecule has 1 saturated heterocycles. The summed E-state index contributed by atoms with van der Waals surface area (Å²) < 4.78 is -1.63. The maximum atomic E-state index is 9.40. The first kappa shape index (κ1) is 19.5. The van der Waals surface area contributed by atoms with E-state index in [2.05, 4.69) is 29.6 Å². The van der Waals surface area contributed by atoms with Crippen molar-refractivity contribution in [3.05, 3.63) is 48.5 Å². The Kier molecular flexibility index (Phi) is 6.81. The van der Waals surface area contributed by atoms with Crippen LogP contribution in [0, 0.1) is 0 Å². The second-order valence-electron chi connectivity index (χ2n) is 4.49. The zero-order chi connectivity index (χ0) is 17.1. The molecule has 0 amide bonds. The topological polar surface area (TPSA) is 32.3 Å². The van der Waals surface area contributed by atoms with Crippen molar-refractivity contribution in [3.63, 3.8) is 0 Å². The number of hydrogen-bond donors (Lipinski definition) is 3. The van der Waals surface area contributed by atoms with Gasteiger partial charge in [0.1, 0.15) is 33.1 Å². The highest BCUT2D eigenvalue weighted by molar-refractivity contribution is 9.54. The molecule has 2 N–H and O–H groups in total. The highest BCUT2D eigenvalue weighted by Crippen LogP contribution is 3.11. The van der Waals surface area contributed by atoms with Crippen molar-refractivity contribution in [2.24, 2.45) is 0 Å². The van der Waals surface area contributed by atoms with Crippen LogP contribution in [0.4, 0.5) is 5.69 Å². The summed E-state index contributed by atoms with van der Waals surface area (Å²) in [7, 11) is 1.91. The number of benzene rings is 2. The van der Waals surface area contributed by atoms with E-state index in [4.69, 9.17) is 24.1 Å². The molecule has 1 aliphatic rings. The molecule has 124 valence electrons. The van der Waals surface area contributed by atoms with Gasteiger partial charge < -0.3 is 10.4 Å². The Hall–Kier alpha value is 0.170. The third-order valence-electron chi connectivity index (χ3n) is 3.08. The molecule has 1 aliphatic heterocycles. The molecule has 3 rings (SSSR count). The van der Waals surface area contributed by atoms with Gasteiger partial charge in [0.05, 0.1) is 0 Å². The molecule has 2 aromatic rings. The van der Waals surface area contributed by atoms with Gasteiger partial charge in [0.2, 0.25) is 4.87 Å². The molecular weight excluding hydrogens is 400 g/mol. The fourth-order valence-electron chi connectivity index (χ4n) is 1.94. The normalized spacial score (nSPS) is 25.7. The van der Waals surface area contributed by atoms with Crippen LogP contribution in [-0.4, -0.2) is 12.2 Å². The highest BCUT2D eigenvalue weighted by atomic mass is 33.8. The minimum Gasteiger partial charge on any atom is -0.508 e. The van der Waals surface area contributed by atoms with Crippen LogP contribution in [-0.2, 0) is 11.8 Å². The van der Waals surface area contributed by atoms with Gasteiger partial charge in [-0.25, -0.2) is 0 Å². The van der Waals surface area contributed by atoms with Crippen molar-refractivity contribution in [2.75, 3.05) is 12.4 Å². The van der Waals surface area contributed by atoms with Crippen LogP contribution in [0.25, 0.3) is 0 Å². The third kappa shape index (κ3) is 4.23. The van der Waals surface area contributed by atoms with Crippen molar-refractivity contribution in [1.29, 1.82) is 0 Å². The van der Waals surface area contributed by atoms with Gasteiger partial charge in [-0.05, 0) is 48.5 Å². The summed E-state index contributed by atoms with van der Waals surface area (Å²) in [6, 6.07) is 15.7. The molecule has 0 saturated carbocycles. The zero-order valence-corrected chi connectivity index (χ0v) is 18.3. The SMILES string of the molecule is CC.CNc1ccc(P2(=S)S[P+](S)(c3ccc(O)cc3)S2)cc1. The Balaban J connectivity index is 0.000000924. The average molecular weight is 421 g/mol. The van der Waals surface area contributed by atoms with Gasteiger partial charge in [-0.15, -0.1) is 0 Å². The molecule has 0 bridgehead atoms. The minimum absolute atomic E-state index is 0.288. The summed E-state index contributed by atoms with van der Waals surface area (Å²) in [5.74, 6) is 0.288. The van der Waals surface area contributed by atoms with Crippen LogP contribution in [0.2, 0.25) is 0 Å². The Labute approximate surface area is 156 Å². The first-order chi connectivity index (χ1) is 11.0. The Bertz CT molecular complexity index is 696. The molecule has 1 fully saturated rings. The summed E-state index contributed by atoms with van der Waals surface area (Å²) in [5.41, 5.74) is 1.10. The van der Waals surface area contributed by atoms with E-state index >= 15 is 0 Å². The molecule has 0 radical (unpaired) electrons. The number of anilines is 1. The molecule has 0 unspecified atom stereocenters. The minimum atomic E-state index is -1.63. The fraction of sp³-hybridized carbons (Fsp3) is 0.200. The van der Waals surface area contributed by atoms with Crippen LogP contribution < -0.4 is 15.9 Å². The number of nitrogens with one attached hydrogen (secondary N) is 1. The van der Waals surface area contributed by atoms with E-state index in [1.165, 1.54) is 10.6 Å². The first-order valence-electron chi connectivity index (χ1n) is 7.18. The molecule has 23 heavy (non-hydrogen) atoms. The van der Waals surface area contributed by atoms with Gasteiger partial charge in [-0.2, -0.15) is 0 Å². The van der Waals surface area contributed by atoms with Crippen molar-refractivity contribution in [1.82, 2.24) is 0 Å². The number of hydrogen-bond acceptors (Lipinski definition) is 6. The van der Waals surface area contributed by atoms with Crippen molar-refractivity contribution in [2.45, 2.75) is 13.8 Å². The Morgan fingerprint density at radius 2 is 1.57 bits per heavy atom. The Morgan fingerprint density at radius 1 is 1.04 bits per heavy atom. The molecule has 2 nitrogen and oxygen atoms in total. The maximum Gasteiger partial charge on any atom is 0.232 e. The van der Waals surface area contributed by atoms with Crippen LogP contribution in [0.5, 0.6) is 5.75 Å². The number of rotatable bonds is 3. The van der Waals surface area contributed by atoms with Gasteiger partial charge in [0.25, 0.3) is 0 Å². The van der Waals surface area contributed by atoms with E-state index < -0.39 is 9.31 Å². The van der Waals surface area contributed by atoms with Gasteiger partial charge in [0.15, 0.2) is 4.44 Å². The van der Waals surface area contributed by atoms with E-state index in [0.29, 0.717) is 0 Å². The van der Waals surface area contributed by atoms with Crippen molar-refractivity contribution < 1.29 is 5.11 Å². The molecule has 2 aromatic carbocycles. The van der Waals surface area contributed by atoms with E-state index in [9.17, 15) is 5.11 Å². The lowest BCUT2D eigenvalue weighted by Gasteiger charge is -2.34. The monoisotopic (exact) mass is 420 g/mol. The van der Waals surface area contributed by atoms with Crippen LogP contribution in [0.1, 0.15) is 13.8 Å². The number of phenols is 1. The van der Waals surface area contributed by atoms with E-state index in [-0.39, 0.29) is 5.75 Å². The van der Waals surface area contributed by atoms with Crippen LogP contribution in [0.15, 0.2) is 48.5 Å². The van der Waals surface area contributed by atoms with Gasteiger partial charge in [-0.3, -0.25) is 0 Å². The molecule has 0 aliphatic carbocycles. The van der Waals surface area contributed by atoms with E-state index in [1.54, 1.807) is 12.1 Å². The summed E-state index contributed by atoms with van der Waals surface area (Å²) in [6.07, 6.45) is 0. The predicted octanol–water partition coefficient (Wildman–Crippen LogP) is 5.89. The summed E-state index contributed by atoms with van der Waals surface area (Å²) in [4.78, 5) is -1.57. The number of thiol groups is 1. The fourth-order valence-corrected chi connectivity index (χ4v) is 45.8. The summed E-state index contributed by atoms with van der Waals surface area (Å²) in [5, 5.41) is 15.0. The highest BCUT2D eigenvalue weighted by Gasteiger charge is 2.61. The maximum absolute atomic E-state index is 9.40. The second kappa shape index (κ2) is 8.03. The van der Waals surface area contributed by atoms with E-state index in [1.807, 2.05) is 55.0 Å². The van der Waals surface area contributed by atoms with E-state index in [0.717, 1.165) is 5.69 Å². The van der Waals surface area contributed by atoms with Gasteiger partial charge in [0, 0.05) is 30.3 Å². The summed E-state index contributed by atoms with van der Waals surface area (Å²) in [6.45, 7) is 4.00. The lowest BCUT2D eigenvalue weighted by molar-refractivity contribution is 0.475. The number of aromatic hydroxyl groups is 1. The molecule has 0 aromatic heterocycles. The van der Waals surface area contributed by atoms with Crippen molar-refractivity contribution in [3.8, 4) is 5.75 Å². The van der Waals surface area contributed by atoms with Crippen LogP contribution >= 0.6 is 43.6 Å². The zero-order valence-electron chi connectivity index (χ0n) is 13.1. The molecule has 8 heteroatoms. The quantitative estimate of drug-likeness (QED) is 0.426. The average Bonchev–Trinajstić information content (AvgIpc) is 2.56. The molecule has 1 heterocycles. The number of phenolic OH excluding ortho intramolecular Hbond substituents is 1. The van der Waals surface area contributed by atoms with Gasteiger partial charge >= 0.3 is 0 Å². The lowest BCUT2D eigenvalue weighted by Crippen LogP contribution is -2.10. The standard InChI is InChI=1S/C13H13NOP2S4.C2H6/c1-14-10-2-6-12(7-3-10)16(18)20-17(19,21-16)13-8-4-11(15)5-9-13;1-2/h2-9,19H,1H3,(H-,14,15,18);1-2H3/p+1. The molecule has 0 atom stereocenters. The third-order valence-corrected chi connectivity index (χ3v) is 34.9. The lowest BCUT2D eigenvalue weighted by atomic mass is 10.3.